The summed E-state index contributed by atoms with van der Waals surface area (Å²) in [6.07, 6.45) is 0.767. The highest BCUT2D eigenvalue weighted by Crippen LogP contribution is 2.31. The zero-order valence-corrected chi connectivity index (χ0v) is 12.0. The number of halogens is 1. The molecule has 0 aliphatic rings. The second kappa shape index (κ2) is 5.97. The molecule has 2 aromatic rings. The van der Waals surface area contributed by atoms with Crippen molar-refractivity contribution in [1.29, 1.82) is 0 Å². The van der Waals surface area contributed by atoms with Crippen LogP contribution >= 0.6 is 11.6 Å². The lowest BCUT2D eigenvalue weighted by Gasteiger charge is -2.11. The van der Waals surface area contributed by atoms with Crippen LogP contribution in [0.15, 0.2) is 30.3 Å². The third kappa shape index (κ3) is 2.90. The van der Waals surface area contributed by atoms with E-state index in [1.807, 2.05) is 6.92 Å². The van der Waals surface area contributed by atoms with E-state index in [0.29, 0.717) is 17.8 Å². The van der Waals surface area contributed by atoms with Gasteiger partial charge in [0.25, 0.3) is 5.69 Å². The van der Waals surface area contributed by atoms with Gasteiger partial charge in [0, 0.05) is 23.9 Å². The van der Waals surface area contributed by atoms with Gasteiger partial charge in [-0.3, -0.25) is 10.1 Å². The first kappa shape index (κ1) is 15.1. The van der Waals surface area contributed by atoms with Gasteiger partial charge in [0.2, 0.25) is 0 Å². The van der Waals surface area contributed by atoms with E-state index in [1.54, 1.807) is 16.7 Å². The van der Waals surface area contributed by atoms with Crippen LogP contribution in [0.2, 0.25) is 5.02 Å². The number of aromatic carboxylic acids is 1. The second-order valence-electron chi connectivity index (χ2n) is 4.48. The smallest absolute Gasteiger partial charge is 0.352 e. The number of hydrogen-bond donors (Lipinski definition) is 1. The molecule has 7 heteroatoms. The first-order valence-corrected chi connectivity index (χ1v) is 6.70. The van der Waals surface area contributed by atoms with Crippen molar-refractivity contribution in [2.24, 2.45) is 0 Å². The summed E-state index contributed by atoms with van der Waals surface area (Å²) in [6, 6.07) is 7.56. The standard InChI is InChI=1S/C14H13ClN2O4/c1-2-7-16-11(5-6-13(16)14(18)19)9-3-4-12(17(20)21)10(15)8-9/h3-6,8H,2,7H2,1H3,(H,18,19). The van der Waals surface area contributed by atoms with Gasteiger partial charge in [0.1, 0.15) is 10.7 Å². The zero-order valence-electron chi connectivity index (χ0n) is 11.2. The second-order valence-corrected chi connectivity index (χ2v) is 4.89. The van der Waals surface area contributed by atoms with E-state index in [0.717, 1.165) is 6.42 Å². The number of nitro benzene ring substituents is 1. The maximum atomic E-state index is 11.2. The third-order valence-corrected chi connectivity index (χ3v) is 3.39. The lowest BCUT2D eigenvalue weighted by Crippen LogP contribution is -2.09. The molecule has 0 aliphatic carbocycles. The predicted molar refractivity (Wildman–Crippen MR) is 78.8 cm³/mol. The van der Waals surface area contributed by atoms with Crippen LogP contribution in [0.1, 0.15) is 23.8 Å². The fraction of sp³-hybridized carbons (Fsp3) is 0.214. The summed E-state index contributed by atoms with van der Waals surface area (Å²) in [7, 11) is 0. The Balaban J connectivity index is 2.54. The lowest BCUT2D eigenvalue weighted by atomic mass is 10.1. The number of carboxylic acid groups (broad SMARTS) is 1. The minimum atomic E-state index is -1.01. The van der Waals surface area contributed by atoms with E-state index < -0.39 is 10.9 Å². The van der Waals surface area contributed by atoms with Crippen LogP contribution in [0.4, 0.5) is 5.69 Å². The fourth-order valence-electron chi connectivity index (χ4n) is 2.19. The highest BCUT2D eigenvalue weighted by Gasteiger charge is 2.17. The first-order valence-electron chi connectivity index (χ1n) is 6.32. The number of rotatable bonds is 5. The maximum absolute atomic E-state index is 11.2. The van der Waals surface area contributed by atoms with Gasteiger partial charge in [-0.2, -0.15) is 0 Å². The molecule has 0 bridgehead atoms. The number of nitro groups is 1. The van der Waals surface area contributed by atoms with Gasteiger partial charge in [0.15, 0.2) is 0 Å². The van der Waals surface area contributed by atoms with Crippen LogP contribution in [0.25, 0.3) is 11.3 Å². The van der Waals surface area contributed by atoms with Crippen LogP contribution in [0.5, 0.6) is 0 Å². The van der Waals surface area contributed by atoms with Gasteiger partial charge < -0.3 is 9.67 Å². The normalized spacial score (nSPS) is 10.6. The molecule has 0 fully saturated rings. The van der Waals surface area contributed by atoms with Crippen LogP contribution in [0.3, 0.4) is 0 Å². The molecule has 2 rings (SSSR count). The van der Waals surface area contributed by atoms with Crippen LogP contribution in [-0.2, 0) is 6.54 Å². The van der Waals surface area contributed by atoms with Gasteiger partial charge in [0.05, 0.1) is 4.92 Å². The molecule has 1 aromatic carbocycles. The monoisotopic (exact) mass is 308 g/mol. The minimum absolute atomic E-state index is 0.0265. The number of hydrogen-bond acceptors (Lipinski definition) is 3. The number of benzene rings is 1. The van der Waals surface area contributed by atoms with Crippen molar-refractivity contribution in [3.63, 3.8) is 0 Å². The number of carboxylic acids is 1. The van der Waals surface area contributed by atoms with E-state index in [4.69, 9.17) is 11.6 Å². The van der Waals surface area contributed by atoms with Crippen molar-refractivity contribution in [2.45, 2.75) is 19.9 Å². The summed E-state index contributed by atoms with van der Waals surface area (Å²) in [5.41, 5.74) is 1.33. The van der Waals surface area contributed by atoms with Crippen molar-refractivity contribution < 1.29 is 14.8 Å². The Morgan fingerprint density at radius 3 is 2.62 bits per heavy atom. The summed E-state index contributed by atoms with van der Waals surface area (Å²) in [6.45, 7) is 2.48. The van der Waals surface area contributed by atoms with Crippen LogP contribution in [-0.4, -0.2) is 20.6 Å². The van der Waals surface area contributed by atoms with Crippen molar-refractivity contribution in [2.75, 3.05) is 0 Å². The molecular weight excluding hydrogens is 296 g/mol. The molecule has 0 radical (unpaired) electrons. The van der Waals surface area contributed by atoms with Gasteiger partial charge >= 0.3 is 5.97 Å². The summed E-state index contributed by atoms with van der Waals surface area (Å²) < 4.78 is 1.67. The summed E-state index contributed by atoms with van der Waals surface area (Å²) >= 11 is 5.91. The van der Waals surface area contributed by atoms with E-state index in [1.165, 1.54) is 18.2 Å². The van der Waals surface area contributed by atoms with Crippen LogP contribution in [0, 0.1) is 10.1 Å². The molecule has 0 amide bonds. The molecule has 0 atom stereocenters. The minimum Gasteiger partial charge on any atom is -0.477 e. The Kier molecular flexibility index (Phi) is 4.28. The number of nitrogens with zero attached hydrogens (tertiary/aromatic N) is 2. The summed E-state index contributed by atoms with van der Waals surface area (Å²) in [4.78, 5) is 21.4. The lowest BCUT2D eigenvalue weighted by molar-refractivity contribution is -0.384. The van der Waals surface area contributed by atoms with Crippen molar-refractivity contribution >= 4 is 23.3 Å². The average molecular weight is 309 g/mol. The molecule has 110 valence electrons. The summed E-state index contributed by atoms with van der Waals surface area (Å²) in [5, 5.41) is 20.0. The molecule has 1 heterocycles. The van der Waals surface area contributed by atoms with Crippen molar-refractivity contribution in [3.05, 3.63) is 51.2 Å². The molecule has 21 heavy (non-hydrogen) atoms. The fourth-order valence-corrected chi connectivity index (χ4v) is 2.43. The average Bonchev–Trinajstić information content (AvgIpc) is 2.82. The molecule has 1 N–H and O–H groups in total. The topological polar surface area (TPSA) is 85.4 Å². The Bertz CT molecular complexity index is 709. The molecule has 6 nitrogen and oxygen atoms in total. The maximum Gasteiger partial charge on any atom is 0.352 e. The van der Waals surface area contributed by atoms with Gasteiger partial charge in [-0.05, 0) is 30.7 Å². The van der Waals surface area contributed by atoms with Gasteiger partial charge in [-0.15, -0.1) is 0 Å². The molecule has 0 aliphatic heterocycles. The SMILES string of the molecule is CCCn1c(C(=O)O)ccc1-c1ccc([N+](=O)[O-])c(Cl)c1. The van der Waals surface area contributed by atoms with E-state index in [-0.39, 0.29) is 16.4 Å². The Hall–Kier alpha value is -2.34. The van der Waals surface area contributed by atoms with Gasteiger partial charge in [-0.25, -0.2) is 4.79 Å². The quantitative estimate of drug-likeness (QED) is 0.672. The van der Waals surface area contributed by atoms with Crippen molar-refractivity contribution in [3.8, 4) is 11.3 Å². The Morgan fingerprint density at radius 2 is 2.10 bits per heavy atom. The summed E-state index contributed by atoms with van der Waals surface area (Å²) in [5.74, 6) is -1.01. The van der Waals surface area contributed by atoms with Crippen LogP contribution < -0.4 is 0 Å². The van der Waals surface area contributed by atoms with E-state index in [2.05, 4.69) is 0 Å². The molecule has 0 saturated carbocycles. The first-order chi connectivity index (χ1) is 9.95. The largest absolute Gasteiger partial charge is 0.477 e. The zero-order chi connectivity index (χ0) is 15.6. The molecule has 1 aromatic heterocycles. The third-order valence-electron chi connectivity index (χ3n) is 3.09. The molecule has 0 saturated heterocycles. The Morgan fingerprint density at radius 1 is 1.38 bits per heavy atom. The highest BCUT2D eigenvalue weighted by atomic mass is 35.5. The number of aromatic nitrogens is 1. The molecule has 0 unspecified atom stereocenters. The Labute approximate surface area is 125 Å². The van der Waals surface area contributed by atoms with Gasteiger partial charge in [-0.1, -0.05) is 18.5 Å². The molecular formula is C14H13ClN2O4. The number of carbonyl (C=O) groups is 1. The van der Waals surface area contributed by atoms with E-state index >= 15 is 0 Å². The van der Waals surface area contributed by atoms with E-state index in [9.17, 15) is 20.0 Å². The molecule has 0 spiro atoms. The predicted octanol–water partition coefficient (Wildman–Crippen LogP) is 3.82. The highest BCUT2D eigenvalue weighted by molar-refractivity contribution is 6.32. The van der Waals surface area contributed by atoms with Crippen molar-refractivity contribution in [1.82, 2.24) is 4.57 Å².